The maximum absolute atomic E-state index is 13.5. The lowest BCUT2D eigenvalue weighted by Crippen LogP contribution is -2.56. The Balaban J connectivity index is 1.21. The highest BCUT2D eigenvalue weighted by Crippen LogP contribution is 2.34. The Bertz CT molecular complexity index is 859. The number of benzene rings is 1. The Morgan fingerprint density at radius 3 is 2.41 bits per heavy atom. The van der Waals surface area contributed by atoms with E-state index in [1.807, 2.05) is 23.1 Å². The lowest BCUT2D eigenvalue weighted by molar-refractivity contribution is -0.141. The number of nitrogens with zero attached hydrogens (tertiary/aromatic N) is 3. The van der Waals surface area contributed by atoms with Crippen LogP contribution in [0.15, 0.2) is 30.3 Å². The van der Waals surface area contributed by atoms with Gasteiger partial charge in [-0.3, -0.25) is 19.4 Å². The number of hydrogen-bond acceptors (Lipinski definition) is 4. The maximum atomic E-state index is 13.5. The summed E-state index contributed by atoms with van der Waals surface area (Å²) in [5, 5.41) is 3.06. The molecule has 3 aliphatic heterocycles. The van der Waals surface area contributed by atoms with Gasteiger partial charge in [-0.2, -0.15) is 0 Å². The van der Waals surface area contributed by atoms with E-state index in [4.69, 9.17) is 0 Å². The van der Waals surface area contributed by atoms with Crippen molar-refractivity contribution in [3.05, 3.63) is 35.9 Å². The first-order valence-electron chi connectivity index (χ1n) is 12.3. The van der Waals surface area contributed by atoms with Gasteiger partial charge in [-0.1, -0.05) is 43.2 Å². The van der Waals surface area contributed by atoms with Gasteiger partial charge in [0.1, 0.15) is 5.54 Å². The first-order valence-corrected chi connectivity index (χ1v) is 12.3. The van der Waals surface area contributed by atoms with Gasteiger partial charge in [0, 0.05) is 38.6 Å². The number of carbonyl (C=O) groups excluding carboxylic acids is 3. The monoisotopic (exact) mass is 438 g/mol. The Morgan fingerprint density at radius 1 is 0.969 bits per heavy atom. The summed E-state index contributed by atoms with van der Waals surface area (Å²) in [7, 11) is 0. The van der Waals surface area contributed by atoms with E-state index in [1.165, 1.54) is 10.5 Å². The average molecular weight is 439 g/mol. The molecule has 5 rings (SSSR count). The molecule has 1 unspecified atom stereocenters. The molecule has 3 saturated heterocycles. The molecule has 1 spiro atoms. The first-order chi connectivity index (χ1) is 15.6. The third kappa shape index (κ3) is 4.03. The molecule has 1 aliphatic carbocycles. The average Bonchev–Trinajstić information content (AvgIpc) is 3.43. The summed E-state index contributed by atoms with van der Waals surface area (Å²) in [5.74, 6) is 0.280. The van der Waals surface area contributed by atoms with Crippen molar-refractivity contribution in [2.24, 2.45) is 5.92 Å². The Hall–Kier alpha value is -2.41. The van der Waals surface area contributed by atoms with Gasteiger partial charge in [-0.05, 0) is 44.1 Å². The highest BCUT2D eigenvalue weighted by Gasteiger charge is 2.54. The summed E-state index contributed by atoms with van der Waals surface area (Å²) in [4.78, 5) is 45.1. The van der Waals surface area contributed by atoms with Crippen molar-refractivity contribution in [2.75, 3.05) is 26.2 Å². The van der Waals surface area contributed by atoms with Crippen molar-refractivity contribution in [3.8, 4) is 0 Å². The summed E-state index contributed by atoms with van der Waals surface area (Å²) in [6.07, 6.45) is 7.12. The van der Waals surface area contributed by atoms with E-state index >= 15 is 0 Å². The van der Waals surface area contributed by atoms with Crippen LogP contribution in [0.1, 0.15) is 56.9 Å². The van der Waals surface area contributed by atoms with Crippen LogP contribution in [0.4, 0.5) is 4.79 Å². The van der Waals surface area contributed by atoms with Crippen molar-refractivity contribution in [1.82, 2.24) is 20.0 Å². The standard InChI is InChI=1S/C25H34N4O3/c30-22(20-9-4-5-10-20)28-14-6-11-21(18-28)29-23(31)25(26-24(29)32)12-15-27(16-13-25)17-19-7-2-1-3-8-19/h1-3,7-8,20-21H,4-6,9-18H2,(H,26,32). The van der Waals surface area contributed by atoms with Crippen LogP contribution in [-0.4, -0.2) is 70.3 Å². The van der Waals surface area contributed by atoms with Crippen LogP contribution >= 0.6 is 0 Å². The summed E-state index contributed by atoms with van der Waals surface area (Å²) in [5.41, 5.74) is 0.489. The second-order valence-electron chi connectivity index (χ2n) is 10.0. The van der Waals surface area contributed by atoms with Crippen LogP contribution < -0.4 is 5.32 Å². The molecule has 0 aromatic heterocycles. The largest absolute Gasteiger partial charge is 0.340 e. The van der Waals surface area contributed by atoms with E-state index in [9.17, 15) is 14.4 Å². The molecule has 172 valence electrons. The number of urea groups is 1. The molecule has 1 aromatic rings. The summed E-state index contributed by atoms with van der Waals surface area (Å²) < 4.78 is 0. The third-order valence-electron chi connectivity index (χ3n) is 7.93. The van der Waals surface area contributed by atoms with E-state index in [1.54, 1.807) is 0 Å². The first kappa shape index (κ1) is 21.4. The number of likely N-dealkylation sites (tertiary alicyclic amines) is 2. The maximum Gasteiger partial charge on any atom is 0.325 e. The smallest absolute Gasteiger partial charge is 0.325 e. The minimum absolute atomic E-state index is 0.0815. The molecule has 3 heterocycles. The van der Waals surface area contributed by atoms with Gasteiger partial charge in [0.15, 0.2) is 0 Å². The zero-order chi connectivity index (χ0) is 22.1. The molecule has 1 N–H and O–H groups in total. The van der Waals surface area contributed by atoms with Gasteiger partial charge < -0.3 is 10.2 Å². The van der Waals surface area contributed by atoms with Gasteiger partial charge in [-0.25, -0.2) is 4.79 Å². The minimum atomic E-state index is -0.776. The molecular weight excluding hydrogens is 404 g/mol. The fourth-order valence-electron chi connectivity index (χ4n) is 6.04. The van der Waals surface area contributed by atoms with Crippen LogP contribution in [0.25, 0.3) is 0 Å². The molecule has 1 atom stereocenters. The Kier molecular flexibility index (Phi) is 5.93. The van der Waals surface area contributed by atoms with Crippen molar-refractivity contribution in [1.29, 1.82) is 0 Å². The van der Waals surface area contributed by atoms with Gasteiger partial charge >= 0.3 is 6.03 Å². The number of hydrogen-bond donors (Lipinski definition) is 1. The molecule has 0 bridgehead atoms. The normalized spacial score (nSPS) is 26.7. The predicted molar refractivity (Wildman–Crippen MR) is 121 cm³/mol. The van der Waals surface area contributed by atoms with Crippen LogP contribution in [0.5, 0.6) is 0 Å². The molecule has 1 aromatic carbocycles. The zero-order valence-corrected chi connectivity index (χ0v) is 18.8. The number of carbonyl (C=O) groups is 3. The SMILES string of the molecule is O=C(C1CCCC1)N1CCCC(N2C(=O)NC3(CCN(Cc4ccccc4)CC3)C2=O)C1. The molecule has 7 heteroatoms. The quantitative estimate of drug-likeness (QED) is 0.734. The molecule has 4 fully saturated rings. The second-order valence-corrected chi connectivity index (χ2v) is 10.0. The lowest BCUT2D eigenvalue weighted by atomic mass is 9.86. The highest BCUT2D eigenvalue weighted by atomic mass is 16.2. The summed E-state index contributed by atoms with van der Waals surface area (Å²) in [6, 6.07) is 9.88. The molecule has 32 heavy (non-hydrogen) atoms. The van der Waals surface area contributed by atoms with Crippen LogP contribution in [0, 0.1) is 5.92 Å². The molecule has 4 aliphatic rings. The van der Waals surface area contributed by atoms with Gasteiger partial charge in [0.2, 0.25) is 5.91 Å². The number of nitrogens with one attached hydrogen (secondary N) is 1. The van der Waals surface area contributed by atoms with Gasteiger partial charge in [-0.15, -0.1) is 0 Å². The van der Waals surface area contributed by atoms with E-state index in [2.05, 4.69) is 22.3 Å². The predicted octanol–water partition coefficient (Wildman–Crippen LogP) is 2.75. The fourth-order valence-corrected chi connectivity index (χ4v) is 6.04. The van der Waals surface area contributed by atoms with E-state index in [0.29, 0.717) is 19.4 Å². The fraction of sp³-hybridized carbons (Fsp3) is 0.640. The van der Waals surface area contributed by atoms with Crippen molar-refractivity contribution in [3.63, 3.8) is 0 Å². The van der Waals surface area contributed by atoms with Crippen LogP contribution in [0.2, 0.25) is 0 Å². The Labute approximate surface area is 190 Å². The van der Waals surface area contributed by atoms with Crippen molar-refractivity contribution < 1.29 is 14.4 Å². The zero-order valence-electron chi connectivity index (χ0n) is 18.8. The van der Waals surface area contributed by atoms with E-state index in [-0.39, 0.29) is 29.8 Å². The molecule has 1 saturated carbocycles. The topological polar surface area (TPSA) is 73.0 Å². The van der Waals surface area contributed by atoms with Crippen molar-refractivity contribution in [2.45, 2.75) is 69.5 Å². The number of imide groups is 1. The van der Waals surface area contributed by atoms with Gasteiger partial charge in [0.25, 0.3) is 5.91 Å². The Morgan fingerprint density at radius 2 is 1.69 bits per heavy atom. The molecule has 0 radical (unpaired) electrons. The number of rotatable bonds is 4. The lowest BCUT2D eigenvalue weighted by Gasteiger charge is -2.39. The van der Waals surface area contributed by atoms with Crippen LogP contribution in [0.3, 0.4) is 0 Å². The molecule has 7 nitrogen and oxygen atoms in total. The summed E-state index contributed by atoms with van der Waals surface area (Å²) in [6.45, 7) is 3.67. The van der Waals surface area contributed by atoms with Gasteiger partial charge in [0.05, 0.1) is 6.04 Å². The second kappa shape index (κ2) is 8.85. The highest BCUT2D eigenvalue weighted by molar-refractivity contribution is 6.07. The molecular formula is C25H34N4O3. The number of amides is 4. The summed E-state index contributed by atoms with van der Waals surface area (Å²) >= 11 is 0. The van der Waals surface area contributed by atoms with Crippen molar-refractivity contribution >= 4 is 17.8 Å². The molecule has 4 amide bonds. The minimum Gasteiger partial charge on any atom is -0.340 e. The van der Waals surface area contributed by atoms with Crippen LogP contribution in [-0.2, 0) is 16.1 Å². The van der Waals surface area contributed by atoms with E-state index < -0.39 is 5.54 Å². The third-order valence-corrected chi connectivity index (χ3v) is 7.93. The van der Waals surface area contributed by atoms with E-state index in [0.717, 1.165) is 64.7 Å². The number of piperidine rings is 2.